The molecule has 0 atom stereocenters. The molecule has 0 unspecified atom stereocenters. The molecule has 0 saturated heterocycles. The van der Waals surface area contributed by atoms with Crippen LogP contribution in [0.5, 0.6) is 0 Å². The van der Waals surface area contributed by atoms with Crippen LogP contribution in [0.3, 0.4) is 0 Å². The summed E-state index contributed by atoms with van der Waals surface area (Å²) in [5.74, 6) is 0. The van der Waals surface area contributed by atoms with Gasteiger partial charge in [-0.1, -0.05) is 26.2 Å². The molecule has 0 aliphatic heterocycles. The molecule has 1 aromatic carbocycles. The molecule has 0 spiro atoms. The second kappa shape index (κ2) is 5.77. The molecule has 1 aromatic rings. The van der Waals surface area contributed by atoms with Gasteiger partial charge < -0.3 is 4.79 Å². The molecule has 0 saturated carbocycles. The fraction of sp³-hybridized carbons (Fsp3) is 0.417. The predicted molar refractivity (Wildman–Crippen MR) is 53.4 cm³/mol. The summed E-state index contributed by atoms with van der Waals surface area (Å²) in [4.78, 5) is 10.3. The third kappa shape index (κ3) is 3.63. The van der Waals surface area contributed by atoms with Crippen molar-refractivity contribution >= 4 is 6.29 Å². The summed E-state index contributed by atoms with van der Waals surface area (Å²) in [7, 11) is 0. The molecule has 0 aliphatic rings. The molecule has 0 aromatic heterocycles. The van der Waals surface area contributed by atoms with E-state index in [1.54, 1.807) is 0 Å². The molecule has 0 N–H and O–H groups in total. The smallest absolute Gasteiger partial charge is 0 e. The molecule has 1 rings (SSSR count). The number of aryl methyl sites for hydroxylation is 1. The van der Waals surface area contributed by atoms with Crippen LogP contribution >= 0.6 is 0 Å². The Balaban J connectivity index is 0.00000169. The number of benzene rings is 1. The fourth-order valence-corrected chi connectivity index (χ4v) is 1.25. The maximum atomic E-state index is 10.3. The van der Waals surface area contributed by atoms with E-state index >= 15 is 0 Å². The third-order valence-electron chi connectivity index (χ3n) is 2.20. The standard InChI is InChI=1S/C12H14O.Y/c1-10-5-4-6-11(9-10)12(2,3)7-8-13;/h4-5,9H,7H2,1-3H3;/q-2;. The monoisotopic (exact) mass is 263 g/mol. The van der Waals surface area contributed by atoms with Crippen molar-refractivity contribution in [2.45, 2.75) is 32.6 Å². The van der Waals surface area contributed by atoms with E-state index in [1.807, 2.05) is 39.2 Å². The van der Waals surface area contributed by atoms with Crippen LogP contribution in [0.25, 0.3) is 0 Å². The van der Waals surface area contributed by atoms with Crippen LogP contribution in [-0.4, -0.2) is 6.29 Å². The molecule has 0 heterocycles. The van der Waals surface area contributed by atoms with E-state index in [-0.39, 0.29) is 38.1 Å². The molecule has 0 fully saturated rings. The summed E-state index contributed by atoms with van der Waals surface area (Å²) >= 11 is 0. The first kappa shape index (κ1) is 14.0. The molecular weight excluding hydrogens is 249 g/mol. The number of carbonyl (C=O) groups excluding carboxylic acids is 1. The van der Waals surface area contributed by atoms with E-state index in [9.17, 15) is 4.79 Å². The van der Waals surface area contributed by atoms with E-state index in [2.05, 4.69) is 12.1 Å². The second-order valence-corrected chi connectivity index (χ2v) is 3.98. The molecule has 0 amide bonds. The first-order valence-corrected chi connectivity index (χ1v) is 4.40. The number of hydrogen-bond donors (Lipinski definition) is 0. The summed E-state index contributed by atoms with van der Waals surface area (Å²) in [5, 5.41) is 0. The van der Waals surface area contributed by atoms with Crippen molar-refractivity contribution in [2.24, 2.45) is 0 Å². The molecule has 0 bridgehead atoms. The zero-order valence-corrected chi connectivity index (χ0v) is 11.8. The third-order valence-corrected chi connectivity index (χ3v) is 2.20. The molecule has 14 heavy (non-hydrogen) atoms. The van der Waals surface area contributed by atoms with E-state index < -0.39 is 0 Å². The first-order chi connectivity index (χ1) is 6.06. The van der Waals surface area contributed by atoms with Gasteiger partial charge in [-0.05, 0) is 0 Å². The SMILES string of the molecule is Cc1cc[c-]c(C(C)(C)C[C-]=O)c1.[Y]. The van der Waals surface area contributed by atoms with E-state index in [1.165, 1.54) is 5.56 Å². The van der Waals surface area contributed by atoms with Gasteiger partial charge in [0.05, 0.1) is 0 Å². The van der Waals surface area contributed by atoms with Crippen LogP contribution in [0.1, 0.15) is 31.4 Å². The minimum absolute atomic E-state index is 0. The minimum atomic E-state index is -0.145. The average Bonchev–Trinajstić information content (AvgIpc) is 2.04. The minimum Gasteiger partial charge on any atom is -0.542 e. The maximum absolute atomic E-state index is 10.3. The topological polar surface area (TPSA) is 17.1 Å². The summed E-state index contributed by atoms with van der Waals surface area (Å²) in [5.41, 5.74) is 2.14. The second-order valence-electron chi connectivity index (χ2n) is 3.98. The van der Waals surface area contributed by atoms with Crippen LogP contribution < -0.4 is 0 Å². The Hall–Kier alpha value is -0.00610. The van der Waals surface area contributed by atoms with E-state index in [4.69, 9.17) is 0 Å². The van der Waals surface area contributed by atoms with Crippen LogP contribution in [0, 0.1) is 13.0 Å². The van der Waals surface area contributed by atoms with Gasteiger partial charge in [0.1, 0.15) is 0 Å². The Morgan fingerprint density at radius 3 is 2.64 bits per heavy atom. The van der Waals surface area contributed by atoms with Gasteiger partial charge in [-0.25, -0.2) is 0 Å². The van der Waals surface area contributed by atoms with Crippen LogP contribution in [0.15, 0.2) is 18.2 Å². The number of rotatable bonds is 3. The number of hydrogen-bond acceptors (Lipinski definition) is 1. The van der Waals surface area contributed by atoms with Crippen LogP contribution in [-0.2, 0) is 42.9 Å². The van der Waals surface area contributed by atoms with Gasteiger partial charge in [-0.3, -0.25) is 6.29 Å². The van der Waals surface area contributed by atoms with Crippen molar-refractivity contribution in [2.75, 3.05) is 0 Å². The summed E-state index contributed by atoms with van der Waals surface area (Å²) in [6, 6.07) is 9.13. The molecule has 1 nitrogen and oxygen atoms in total. The summed E-state index contributed by atoms with van der Waals surface area (Å²) in [6.45, 7) is 6.10. The Bertz CT molecular complexity index is 305. The van der Waals surface area contributed by atoms with Gasteiger partial charge in [0.15, 0.2) is 0 Å². The van der Waals surface area contributed by atoms with Gasteiger partial charge in [0.2, 0.25) is 0 Å². The Kier molecular flexibility index (Phi) is 5.77. The predicted octanol–water partition coefficient (Wildman–Crippen LogP) is 2.57. The summed E-state index contributed by atoms with van der Waals surface area (Å²) in [6.07, 6.45) is 2.38. The molecular formula is C12H14OY-2. The Morgan fingerprint density at radius 1 is 1.50 bits per heavy atom. The first-order valence-electron chi connectivity index (χ1n) is 4.40. The average molecular weight is 263 g/mol. The van der Waals surface area contributed by atoms with Gasteiger partial charge in [0, 0.05) is 32.7 Å². The Morgan fingerprint density at radius 2 is 2.14 bits per heavy atom. The van der Waals surface area contributed by atoms with Crippen molar-refractivity contribution in [3.63, 3.8) is 0 Å². The zero-order valence-electron chi connectivity index (χ0n) is 8.92. The molecule has 1 radical (unpaired) electrons. The van der Waals surface area contributed by atoms with Gasteiger partial charge >= 0.3 is 0 Å². The van der Waals surface area contributed by atoms with Crippen molar-refractivity contribution in [1.82, 2.24) is 0 Å². The van der Waals surface area contributed by atoms with Crippen LogP contribution in [0.4, 0.5) is 0 Å². The van der Waals surface area contributed by atoms with E-state index in [0.717, 1.165) is 5.56 Å². The van der Waals surface area contributed by atoms with Gasteiger partial charge in [0.25, 0.3) is 0 Å². The molecule has 0 aliphatic carbocycles. The largest absolute Gasteiger partial charge is 0.542 e. The van der Waals surface area contributed by atoms with Gasteiger partial charge in [-0.2, -0.15) is 35.4 Å². The van der Waals surface area contributed by atoms with E-state index in [0.29, 0.717) is 6.42 Å². The molecule has 73 valence electrons. The van der Waals surface area contributed by atoms with Gasteiger partial charge in [-0.15, -0.1) is 6.42 Å². The Labute approximate surface area is 111 Å². The fourth-order valence-electron chi connectivity index (χ4n) is 1.25. The van der Waals surface area contributed by atoms with Crippen molar-refractivity contribution < 1.29 is 37.5 Å². The zero-order chi connectivity index (χ0) is 9.90. The quantitative estimate of drug-likeness (QED) is 0.766. The normalized spacial score (nSPS) is 10.5. The van der Waals surface area contributed by atoms with Crippen molar-refractivity contribution in [1.29, 1.82) is 0 Å². The van der Waals surface area contributed by atoms with Crippen molar-refractivity contribution in [3.8, 4) is 0 Å². The molecule has 2 heteroatoms. The van der Waals surface area contributed by atoms with Crippen LogP contribution in [0.2, 0.25) is 0 Å². The summed E-state index contributed by atoms with van der Waals surface area (Å²) < 4.78 is 0. The van der Waals surface area contributed by atoms with Crippen molar-refractivity contribution in [3.05, 3.63) is 35.4 Å². The maximum Gasteiger partial charge on any atom is 0 e.